The van der Waals surface area contributed by atoms with Gasteiger partial charge in [-0.3, -0.25) is 5.10 Å². The molecule has 0 amide bonds. The Kier molecular flexibility index (Phi) is 3.46. The minimum Gasteiger partial charge on any atom is -0.381 e. The zero-order valence-electron chi connectivity index (χ0n) is 15.9. The Morgan fingerprint density at radius 3 is 2.60 bits per heavy atom. The normalized spacial score (nSPS) is 14.8. The third-order valence-corrected chi connectivity index (χ3v) is 5.58. The van der Waals surface area contributed by atoms with E-state index in [1.807, 2.05) is 42.5 Å². The lowest BCUT2D eigenvalue weighted by molar-refractivity contribution is 0.761. The molecule has 30 heavy (non-hydrogen) atoms. The van der Waals surface area contributed by atoms with Gasteiger partial charge < -0.3 is 5.73 Å². The molecule has 9 nitrogen and oxygen atoms in total. The van der Waals surface area contributed by atoms with E-state index in [1.54, 1.807) is 10.9 Å². The van der Waals surface area contributed by atoms with Gasteiger partial charge in [0.05, 0.1) is 17.1 Å². The lowest BCUT2D eigenvalue weighted by Gasteiger charge is -2.11. The van der Waals surface area contributed by atoms with Crippen molar-refractivity contribution in [3.8, 4) is 17.3 Å². The van der Waals surface area contributed by atoms with Crippen LogP contribution in [0.15, 0.2) is 60.8 Å². The second-order valence-electron chi connectivity index (χ2n) is 7.41. The van der Waals surface area contributed by atoms with Gasteiger partial charge in [0.2, 0.25) is 5.82 Å². The van der Waals surface area contributed by atoms with Crippen molar-refractivity contribution in [3.63, 3.8) is 0 Å². The first-order valence-electron chi connectivity index (χ1n) is 9.67. The largest absolute Gasteiger partial charge is 0.381 e. The van der Waals surface area contributed by atoms with E-state index in [1.165, 1.54) is 5.56 Å². The summed E-state index contributed by atoms with van der Waals surface area (Å²) in [6.45, 7) is 0. The Bertz CT molecular complexity index is 1370. The molecule has 0 unspecified atom stereocenters. The predicted octanol–water partition coefficient (Wildman–Crippen LogP) is 2.66. The highest BCUT2D eigenvalue weighted by molar-refractivity contribution is 5.76. The van der Waals surface area contributed by atoms with E-state index in [2.05, 4.69) is 42.6 Å². The van der Waals surface area contributed by atoms with Gasteiger partial charge in [-0.25, -0.2) is 15.0 Å². The highest BCUT2D eigenvalue weighted by Crippen LogP contribution is 2.52. The number of aromatic nitrogens is 8. The molecule has 3 heterocycles. The minimum absolute atomic E-state index is 0.0985. The highest BCUT2D eigenvalue weighted by atomic mass is 15.4. The Morgan fingerprint density at radius 2 is 1.77 bits per heavy atom. The third-order valence-electron chi connectivity index (χ3n) is 5.58. The topological polar surface area (TPSA) is 124 Å². The van der Waals surface area contributed by atoms with E-state index in [0.29, 0.717) is 17.3 Å². The molecule has 0 bridgehead atoms. The van der Waals surface area contributed by atoms with Crippen LogP contribution >= 0.6 is 0 Å². The monoisotopic (exact) mass is 395 g/mol. The molecular formula is C21H17N9. The Labute approximate surface area is 171 Å². The van der Waals surface area contributed by atoms with Crippen molar-refractivity contribution in [2.45, 2.75) is 18.3 Å². The van der Waals surface area contributed by atoms with Crippen LogP contribution in [0.5, 0.6) is 0 Å². The van der Waals surface area contributed by atoms with Gasteiger partial charge in [-0.1, -0.05) is 47.7 Å². The van der Waals surface area contributed by atoms with E-state index < -0.39 is 0 Å². The first kappa shape index (κ1) is 16.8. The molecule has 0 atom stereocenters. The van der Waals surface area contributed by atoms with E-state index in [4.69, 9.17) is 10.7 Å². The first-order valence-corrected chi connectivity index (χ1v) is 9.67. The number of nitrogens with two attached hydrogens (primary N) is 1. The zero-order chi connectivity index (χ0) is 20.1. The van der Waals surface area contributed by atoms with Crippen LogP contribution in [0, 0.1) is 0 Å². The summed E-state index contributed by atoms with van der Waals surface area (Å²) in [6, 6.07) is 18.0. The molecule has 0 radical (unpaired) electrons. The van der Waals surface area contributed by atoms with Crippen LogP contribution in [0.4, 0.5) is 5.82 Å². The Morgan fingerprint density at radius 1 is 0.967 bits per heavy atom. The number of hydrogen-bond donors (Lipinski definition) is 2. The molecule has 6 rings (SSSR count). The van der Waals surface area contributed by atoms with Crippen molar-refractivity contribution in [3.05, 3.63) is 72.2 Å². The Hall–Kier alpha value is -4.14. The van der Waals surface area contributed by atoms with E-state index in [0.717, 1.165) is 29.7 Å². The number of nitrogens with one attached hydrogen (secondary N) is 1. The number of hydrogen-bond acceptors (Lipinski definition) is 7. The van der Waals surface area contributed by atoms with Crippen LogP contribution in [0.2, 0.25) is 0 Å². The molecule has 3 aromatic heterocycles. The third kappa shape index (κ3) is 2.48. The van der Waals surface area contributed by atoms with E-state index >= 15 is 0 Å². The highest BCUT2D eigenvalue weighted by Gasteiger charge is 2.48. The maximum atomic E-state index is 6.10. The van der Waals surface area contributed by atoms with E-state index in [9.17, 15) is 0 Å². The maximum Gasteiger partial charge on any atom is 0.201 e. The first-order chi connectivity index (χ1) is 14.7. The molecular weight excluding hydrogens is 378 g/mol. The zero-order valence-corrected chi connectivity index (χ0v) is 15.9. The number of nitrogen functional groups attached to an aromatic ring is 1. The van der Waals surface area contributed by atoms with Crippen molar-refractivity contribution in [2.75, 3.05) is 5.73 Å². The minimum atomic E-state index is -0.0985. The van der Waals surface area contributed by atoms with Crippen molar-refractivity contribution in [1.82, 2.24) is 40.1 Å². The van der Waals surface area contributed by atoms with Gasteiger partial charge in [-0.2, -0.15) is 9.78 Å². The van der Waals surface area contributed by atoms with Crippen molar-refractivity contribution in [2.24, 2.45) is 0 Å². The molecule has 9 heteroatoms. The van der Waals surface area contributed by atoms with Gasteiger partial charge in [0, 0.05) is 0 Å². The van der Waals surface area contributed by atoms with Crippen molar-refractivity contribution >= 4 is 16.9 Å². The molecule has 0 saturated heterocycles. The number of H-pyrrole nitrogens is 1. The average molecular weight is 395 g/mol. The van der Waals surface area contributed by atoms with Crippen molar-refractivity contribution in [1.29, 1.82) is 0 Å². The van der Waals surface area contributed by atoms with Crippen LogP contribution in [0.1, 0.15) is 24.2 Å². The van der Waals surface area contributed by atoms with Gasteiger partial charge in [0.25, 0.3) is 0 Å². The number of nitrogens with zero attached hydrogens (tertiary/aromatic N) is 7. The summed E-state index contributed by atoms with van der Waals surface area (Å²) in [5.41, 5.74) is 9.31. The van der Waals surface area contributed by atoms with Crippen LogP contribution in [-0.4, -0.2) is 40.1 Å². The summed E-state index contributed by atoms with van der Waals surface area (Å²) in [5, 5.41) is 15.9. The van der Waals surface area contributed by atoms with Gasteiger partial charge in [-0.15, -0.1) is 5.10 Å². The summed E-state index contributed by atoms with van der Waals surface area (Å²) in [6.07, 6.45) is 3.65. The molecule has 0 spiro atoms. The van der Waals surface area contributed by atoms with Crippen LogP contribution < -0.4 is 5.73 Å². The number of anilines is 1. The van der Waals surface area contributed by atoms with Crippen molar-refractivity contribution < 1.29 is 0 Å². The fourth-order valence-electron chi connectivity index (χ4n) is 3.81. The van der Waals surface area contributed by atoms with Crippen LogP contribution in [0.25, 0.3) is 28.4 Å². The number of para-hydroxylation sites is 1. The number of fused-ring (bicyclic) bond motifs is 1. The molecule has 1 aliphatic rings. The smallest absolute Gasteiger partial charge is 0.201 e. The number of aromatic amines is 1. The second kappa shape index (κ2) is 6.18. The maximum absolute atomic E-state index is 6.10. The van der Waals surface area contributed by atoms with Crippen LogP contribution in [0.3, 0.4) is 0 Å². The lowest BCUT2D eigenvalue weighted by atomic mass is 9.95. The Balaban J connectivity index is 1.41. The quantitative estimate of drug-likeness (QED) is 0.479. The summed E-state index contributed by atoms with van der Waals surface area (Å²) in [4.78, 5) is 13.7. The molecule has 1 saturated carbocycles. The summed E-state index contributed by atoms with van der Waals surface area (Å²) >= 11 is 0. The summed E-state index contributed by atoms with van der Waals surface area (Å²) in [7, 11) is 0. The second-order valence-corrected chi connectivity index (χ2v) is 7.41. The number of benzene rings is 2. The van der Waals surface area contributed by atoms with Gasteiger partial charge in [0.15, 0.2) is 11.6 Å². The molecule has 5 aromatic rings. The molecule has 2 aromatic carbocycles. The van der Waals surface area contributed by atoms with Crippen LogP contribution in [-0.2, 0) is 5.41 Å². The SMILES string of the molecule is Nc1ncc(-c2n[nH]c(C3(c4ccccc4)CC3)n2)nc1-n1nnc2ccccc21. The van der Waals surface area contributed by atoms with Gasteiger partial charge in [-0.05, 0) is 30.5 Å². The standard InChI is InChI=1S/C21H17N9/c22-17-19(30-16-9-5-4-8-14(16)26-29-30)24-15(12-23-17)18-25-20(28-27-18)21(10-11-21)13-6-2-1-3-7-13/h1-9,12H,10-11H2,(H2,22,23)(H,25,27,28). The molecule has 1 aliphatic carbocycles. The fraction of sp³-hybridized carbons (Fsp3) is 0.143. The fourth-order valence-corrected chi connectivity index (χ4v) is 3.81. The van der Waals surface area contributed by atoms with Gasteiger partial charge >= 0.3 is 0 Å². The predicted molar refractivity (Wildman–Crippen MR) is 111 cm³/mol. The average Bonchev–Trinajstić information content (AvgIpc) is 3.25. The summed E-state index contributed by atoms with van der Waals surface area (Å²) in [5.74, 6) is 1.98. The lowest BCUT2D eigenvalue weighted by Crippen LogP contribution is -2.10. The molecule has 1 fully saturated rings. The number of rotatable bonds is 4. The molecule has 3 N–H and O–H groups in total. The molecule has 146 valence electrons. The molecule has 0 aliphatic heterocycles. The van der Waals surface area contributed by atoms with Gasteiger partial charge in [0.1, 0.15) is 17.0 Å². The van der Waals surface area contributed by atoms with E-state index in [-0.39, 0.29) is 11.2 Å². The summed E-state index contributed by atoms with van der Waals surface area (Å²) < 4.78 is 1.58.